The number of hydrogen-bond donors (Lipinski definition) is 2. The van der Waals surface area contributed by atoms with Crippen LogP contribution in [0.1, 0.15) is 10.4 Å². The highest BCUT2D eigenvalue weighted by Gasteiger charge is 2.09. The van der Waals surface area contributed by atoms with Gasteiger partial charge in [0.15, 0.2) is 0 Å². The average Bonchev–Trinajstić information content (AvgIpc) is 2.96. The van der Waals surface area contributed by atoms with Crippen molar-refractivity contribution < 1.29 is 9.59 Å². The van der Waals surface area contributed by atoms with Crippen molar-refractivity contribution >= 4 is 22.7 Å². The molecule has 3 N–H and O–H groups in total. The first-order valence-electron chi connectivity index (χ1n) is 6.88. The highest BCUT2D eigenvalue weighted by Crippen LogP contribution is 2.20. The third kappa shape index (κ3) is 2.69. The molecule has 1 aromatic heterocycles. The fraction of sp³-hybridized carbons (Fsp3) is 0.0588. The smallest absolute Gasteiger partial charge is 0.251 e. The first-order valence-corrected chi connectivity index (χ1v) is 6.88. The number of nitrogens with one attached hydrogen (secondary N) is 1. The van der Waals surface area contributed by atoms with Crippen molar-refractivity contribution in [2.75, 3.05) is 6.54 Å². The molecule has 0 saturated heterocycles. The van der Waals surface area contributed by atoms with Crippen molar-refractivity contribution in [2.24, 2.45) is 5.73 Å². The van der Waals surface area contributed by atoms with Crippen LogP contribution in [0, 0.1) is 0 Å². The standard InChI is InChI=1S/C17H15N3O2/c18-16(21)11-19-17(22)13-5-3-6-14(10-13)20-9-8-12-4-1-2-7-15(12)20/h1-10H,11H2,(H2,18,21)(H,19,22). The molecule has 0 aliphatic rings. The van der Waals surface area contributed by atoms with Gasteiger partial charge in [-0.2, -0.15) is 0 Å². The predicted octanol–water partition coefficient (Wildman–Crippen LogP) is 1.85. The minimum atomic E-state index is -0.569. The molecule has 2 amide bonds. The van der Waals surface area contributed by atoms with Crippen LogP contribution < -0.4 is 11.1 Å². The van der Waals surface area contributed by atoms with Crippen molar-refractivity contribution in [3.05, 3.63) is 66.4 Å². The number of rotatable bonds is 4. The maximum Gasteiger partial charge on any atom is 0.251 e. The van der Waals surface area contributed by atoms with Crippen molar-refractivity contribution in [1.29, 1.82) is 0 Å². The summed E-state index contributed by atoms with van der Waals surface area (Å²) in [6, 6.07) is 17.3. The summed E-state index contributed by atoms with van der Waals surface area (Å²) in [7, 11) is 0. The Bertz CT molecular complexity index is 852. The van der Waals surface area contributed by atoms with Crippen LogP contribution in [0.4, 0.5) is 0 Å². The van der Waals surface area contributed by atoms with E-state index in [1.165, 1.54) is 0 Å². The molecule has 0 aliphatic heterocycles. The van der Waals surface area contributed by atoms with Crippen LogP contribution in [0.25, 0.3) is 16.6 Å². The molecule has 0 unspecified atom stereocenters. The summed E-state index contributed by atoms with van der Waals surface area (Å²) in [5.74, 6) is -0.891. The van der Waals surface area contributed by atoms with Gasteiger partial charge in [0.1, 0.15) is 0 Å². The van der Waals surface area contributed by atoms with Crippen LogP contribution in [-0.4, -0.2) is 22.9 Å². The van der Waals surface area contributed by atoms with Gasteiger partial charge in [-0.25, -0.2) is 0 Å². The predicted molar refractivity (Wildman–Crippen MR) is 84.8 cm³/mol. The highest BCUT2D eigenvalue weighted by molar-refractivity contribution is 5.96. The molecular formula is C17H15N3O2. The zero-order valence-electron chi connectivity index (χ0n) is 11.8. The molecule has 0 bridgehead atoms. The summed E-state index contributed by atoms with van der Waals surface area (Å²) in [4.78, 5) is 22.7. The van der Waals surface area contributed by atoms with E-state index in [0.29, 0.717) is 5.56 Å². The summed E-state index contributed by atoms with van der Waals surface area (Å²) >= 11 is 0. The quantitative estimate of drug-likeness (QED) is 0.770. The Morgan fingerprint density at radius 3 is 2.68 bits per heavy atom. The van der Waals surface area contributed by atoms with Gasteiger partial charge in [-0.3, -0.25) is 9.59 Å². The molecule has 0 radical (unpaired) electrons. The van der Waals surface area contributed by atoms with E-state index in [-0.39, 0.29) is 12.5 Å². The second-order valence-corrected chi connectivity index (χ2v) is 4.94. The number of benzene rings is 2. The van der Waals surface area contributed by atoms with E-state index in [9.17, 15) is 9.59 Å². The van der Waals surface area contributed by atoms with Gasteiger partial charge in [-0.1, -0.05) is 24.3 Å². The van der Waals surface area contributed by atoms with E-state index >= 15 is 0 Å². The molecule has 5 heteroatoms. The average molecular weight is 293 g/mol. The molecule has 2 aromatic carbocycles. The van der Waals surface area contributed by atoms with Gasteiger partial charge in [-0.15, -0.1) is 0 Å². The molecule has 3 rings (SSSR count). The molecule has 0 aliphatic carbocycles. The molecule has 0 fully saturated rings. The van der Waals surface area contributed by atoms with Gasteiger partial charge in [0.25, 0.3) is 5.91 Å². The maximum atomic E-state index is 12.0. The van der Waals surface area contributed by atoms with Crippen LogP contribution in [0.5, 0.6) is 0 Å². The zero-order valence-corrected chi connectivity index (χ0v) is 11.8. The minimum absolute atomic E-state index is 0.171. The third-order valence-electron chi connectivity index (χ3n) is 3.41. The van der Waals surface area contributed by atoms with Crippen molar-refractivity contribution in [3.63, 3.8) is 0 Å². The number of amides is 2. The first-order chi connectivity index (χ1) is 10.6. The second kappa shape index (κ2) is 5.73. The molecular weight excluding hydrogens is 278 g/mol. The summed E-state index contributed by atoms with van der Waals surface area (Å²) in [5.41, 5.74) is 7.46. The lowest BCUT2D eigenvalue weighted by Gasteiger charge is -2.08. The van der Waals surface area contributed by atoms with E-state index in [1.807, 2.05) is 53.2 Å². The third-order valence-corrected chi connectivity index (χ3v) is 3.41. The van der Waals surface area contributed by atoms with Gasteiger partial charge in [-0.05, 0) is 35.7 Å². The fourth-order valence-electron chi connectivity index (χ4n) is 2.37. The van der Waals surface area contributed by atoms with Crippen LogP contribution in [0.3, 0.4) is 0 Å². The number of aromatic nitrogens is 1. The van der Waals surface area contributed by atoms with Gasteiger partial charge in [0, 0.05) is 17.4 Å². The Hall–Kier alpha value is -3.08. The Kier molecular flexibility index (Phi) is 3.62. The van der Waals surface area contributed by atoms with Crippen molar-refractivity contribution in [1.82, 2.24) is 9.88 Å². The number of fused-ring (bicyclic) bond motifs is 1. The fourth-order valence-corrected chi connectivity index (χ4v) is 2.37. The molecule has 3 aromatic rings. The summed E-state index contributed by atoms with van der Waals surface area (Å²) in [6.45, 7) is -0.171. The summed E-state index contributed by atoms with van der Waals surface area (Å²) in [5, 5.41) is 3.62. The SMILES string of the molecule is NC(=O)CNC(=O)c1cccc(-n2ccc3ccccc32)c1. The van der Waals surface area contributed by atoms with Crippen molar-refractivity contribution in [3.8, 4) is 5.69 Å². The number of primary amides is 1. The van der Waals surface area contributed by atoms with Crippen LogP contribution in [-0.2, 0) is 4.79 Å². The minimum Gasteiger partial charge on any atom is -0.368 e. The molecule has 0 spiro atoms. The Morgan fingerprint density at radius 1 is 1.05 bits per heavy atom. The lowest BCUT2D eigenvalue weighted by molar-refractivity contribution is -0.117. The number of carbonyl (C=O) groups excluding carboxylic acids is 2. The molecule has 0 atom stereocenters. The van der Waals surface area contributed by atoms with E-state index < -0.39 is 5.91 Å². The van der Waals surface area contributed by atoms with E-state index in [2.05, 4.69) is 5.32 Å². The second-order valence-electron chi connectivity index (χ2n) is 4.94. The highest BCUT2D eigenvalue weighted by atomic mass is 16.2. The van der Waals surface area contributed by atoms with Gasteiger partial charge in [0.05, 0.1) is 12.1 Å². The van der Waals surface area contributed by atoms with Crippen molar-refractivity contribution in [2.45, 2.75) is 0 Å². The summed E-state index contributed by atoms with van der Waals surface area (Å²) in [6.07, 6.45) is 1.96. The number of hydrogen-bond acceptors (Lipinski definition) is 2. The summed E-state index contributed by atoms with van der Waals surface area (Å²) < 4.78 is 2.01. The van der Waals surface area contributed by atoms with Crippen LogP contribution in [0.2, 0.25) is 0 Å². The van der Waals surface area contributed by atoms with Crippen LogP contribution in [0.15, 0.2) is 60.8 Å². The number of carbonyl (C=O) groups is 2. The molecule has 0 saturated carbocycles. The van der Waals surface area contributed by atoms with Gasteiger partial charge in [0.2, 0.25) is 5.91 Å². The molecule has 1 heterocycles. The Labute approximate surface area is 127 Å². The van der Waals surface area contributed by atoms with E-state index in [0.717, 1.165) is 16.6 Å². The molecule has 22 heavy (non-hydrogen) atoms. The van der Waals surface area contributed by atoms with E-state index in [1.54, 1.807) is 12.1 Å². The Morgan fingerprint density at radius 2 is 1.86 bits per heavy atom. The number of nitrogens with zero attached hydrogens (tertiary/aromatic N) is 1. The van der Waals surface area contributed by atoms with Gasteiger partial charge >= 0.3 is 0 Å². The first kappa shape index (κ1) is 13.9. The monoisotopic (exact) mass is 293 g/mol. The molecule has 5 nitrogen and oxygen atoms in total. The number of nitrogens with two attached hydrogens (primary N) is 1. The zero-order chi connectivity index (χ0) is 15.5. The Balaban J connectivity index is 1.94. The normalized spacial score (nSPS) is 10.5. The maximum absolute atomic E-state index is 12.0. The van der Waals surface area contributed by atoms with E-state index in [4.69, 9.17) is 5.73 Å². The van der Waals surface area contributed by atoms with Gasteiger partial charge < -0.3 is 15.6 Å². The van der Waals surface area contributed by atoms with Crippen LogP contribution >= 0.6 is 0 Å². The lowest BCUT2D eigenvalue weighted by Crippen LogP contribution is -2.33. The molecule has 110 valence electrons. The lowest BCUT2D eigenvalue weighted by atomic mass is 10.2. The topological polar surface area (TPSA) is 77.1 Å². The largest absolute Gasteiger partial charge is 0.368 e. The number of para-hydroxylation sites is 1.